The maximum absolute atomic E-state index is 9.25. The Bertz CT molecular complexity index is 630. The van der Waals surface area contributed by atoms with Crippen molar-refractivity contribution in [1.82, 2.24) is 15.1 Å². The fourth-order valence-corrected chi connectivity index (χ4v) is 1.56. The molecule has 19 heavy (non-hydrogen) atoms. The Balaban J connectivity index is 2.43. The van der Waals surface area contributed by atoms with Crippen molar-refractivity contribution in [3.05, 3.63) is 29.8 Å². The van der Waals surface area contributed by atoms with Crippen molar-refractivity contribution in [2.24, 2.45) is 4.99 Å². The van der Waals surface area contributed by atoms with Crippen LogP contribution in [0, 0.1) is 11.3 Å². The van der Waals surface area contributed by atoms with Gasteiger partial charge in [0.25, 0.3) is 0 Å². The highest BCUT2D eigenvalue weighted by Crippen LogP contribution is 2.27. The van der Waals surface area contributed by atoms with Crippen LogP contribution in [0.15, 0.2) is 29.3 Å². The molecule has 1 heterocycles. The number of nitrogens with one attached hydrogen (secondary N) is 1. The normalized spacial score (nSPS) is 10.6. The average molecular weight is 254 g/mol. The van der Waals surface area contributed by atoms with E-state index in [4.69, 9.17) is 5.73 Å². The first kappa shape index (κ1) is 12.6. The number of hydrogen-bond donors (Lipinski definition) is 2. The minimum Gasteiger partial charge on any atom is -0.399 e. The topological polar surface area (TPSA) is 94.1 Å². The molecule has 6 heteroatoms. The molecule has 6 nitrogen and oxygen atoms in total. The third kappa shape index (κ3) is 2.72. The third-order valence-corrected chi connectivity index (χ3v) is 2.46. The van der Waals surface area contributed by atoms with Gasteiger partial charge in [-0.05, 0) is 12.1 Å². The summed E-state index contributed by atoms with van der Waals surface area (Å²) in [5.41, 5.74) is 8.13. The molecular weight excluding hydrogens is 240 g/mol. The lowest BCUT2D eigenvalue weighted by Crippen LogP contribution is -2.07. The van der Waals surface area contributed by atoms with Crippen LogP contribution in [0.5, 0.6) is 0 Å². The second-order valence-electron chi connectivity index (χ2n) is 4.24. The van der Waals surface area contributed by atoms with E-state index in [-0.39, 0.29) is 0 Å². The van der Waals surface area contributed by atoms with Crippen LogP contribution in [0.2, 0.25) is 0 Å². The Labute approximate surface area is 111 Å². The summed E-state index contributed by atoms with van der Waals surface area (Å²) in [5.74, 6) is 0.447. The number of nitrogens with zero attached hydrogens (tertiary/aromatic N) is 4. The zero-order valence-corrected chi connectivity index (χ0v) is 10.8. The van der Waals surface area contributed by atoms with E-state index in [9.17, 15) is 5.26 Å². The fraction of sp³-hybridized carbons (Fsp3) is 0.154. The molecule has 0 saturated carbocycles. The predicted octanol–water partition coefficient (Wildman–Crippen LogP) is 1.75. The highest BCUT2D eigenvalue weighted by molar-refractivity contribution is 5.74. The Morgan fingerprint density at radius 3 is 2.63 bits per heavy atom. The zero-order valence-electron chi connectivity index (χ0n) is 10.8. The zero-order chi connectivity index (χ0) is 13.8. The van der Waals surface area contributed by atoms with Gasteiger partial charge in [-0.15, -0.1) is 0 Å². The van der Waals surface area contributed by atoms with Gasteiger partial charge in [0, 0.05) is 25.3 Å². The first-order chi connectivity index (χ1) is 9.11. The second kappa shape index (κ2) is 5.23. The van der Waals surface area contributed by atoms with Crippen LogP contribution in [-0.2, 0) is 0 Å². The van der Waals surface area contributed by atoms with E-state index in [1.54, 1.807) is 23.4 Å². The molecule has 0 unspecified atom stereocenters. The predicted molar refractivity (Wildman–Crippen MR) is 75.0 cm³/mol. The van der Waals surface area contributed by atoms with Crippen LogP contribution in [-0.4, -0.2) is 35.5 Å². The molecule has 0 radical (unpaired) electrons. The molecule has 1 aromatic heterocycles. The Morgan fingerprint density at radius 1 is 1.37 bits per heavy atom. The number of anilines is 1. The molecule has 0 aliphatic heterocycles. The van der Waals surface area contributed by atoms with Crippen molar-refractivity contribution in [2.75, 3.05) is 19.8 Å². The van der Waals surface area contributed by atoms with Crippen LogP contribution in [0.3, 0.4) is 0 Å². The minimum atomic E-state index is 0.419. The van der Waals surface area contributed by atoms with E-state index in [1.165, 1.54) is 0 Å². The minimum absolute atomic E-state index is 0.419. The SMILES string of the molecule is CN(C)C=Nc1[nH]nc(-c2ccc(N)cc2)c1C#N. The first-order valence-corrected chi connectivity index (χ1v) is 5.67. The third-order valence-electron chi connectivity index (χ3n) is 2.46. The molecule has 0 aliphatic rings. The number of nitrogens with two attached hydrogens (primary N) is 1. The van der Waals surface area contributed by atoms with E-state index < -0.39 is 0 Å². The molecule has 0 bridgehead atoms. The van der Waals surface area contributed by atoms with Gasteiger partial charge in [-0.1, -0.05) is 12.1 Å². The van der Waals surface area contributed by atoms with E-state index in [2.05, 4.69) is 21.3 Å². The first-order valence-electron chi connectivity index (χ1n) is 5.67. The molecule has 0 saturated heterocycles. The molecule has 1 aromatic carbocycles. The van der Waals surface area contributed by atoms with Crippen LogP contribution >= 0.6 is 0 Å². The molecule has 2 aromatic rings. The van der Waals surface area contributed by atoms with Gasteiger partial charge in [-0.3, -0.25) is 5.10 Å². The summed E-state index contributed by atoms with van der Waals surface area (Å²) in [4.78, 5) is 5.96. The monoisotopic (exact) mass is 254 g/mol. The number of hydrogen-bond acceptors (Lipinski definition) is 4. The average Bonchev–Trinajstić information content (AvgIpc) is 2.80. The Hall–Kier alpha value is -2.81. The van der Waals surface area contributed by atoms with E-state index in [1.807, 2.05) is 26.2 Å². The van der Waals surface area contributed by atoms with Gasteiger partial charge in [-0.25, -0.2) is 4.99 Å². The number of nitriles is 1. The maximum Gasteiger partial charge on any atom is 0.168 e. The maximum atomic E-state index is 9.25. The number of rotatable bonds is 3. The Morgan fingerprint density at radius 2 is 2.05 bits per heavy atom. The highest BCUT2D eigenvalue weighted by atomic mass is 15.2. The standard InChI is InChI=1S/C13H14N6/c1-19(2)8-16-13-11(7-14)12(17-18-13)9-3-5-10(15)6-4-9/h3-6,8H,15H2,1-2H3,(H,17,18). The smallest absolute Gasteiger partial charge is 0.168 e. The van der Waals surface area contributed by atoms with Crippen LogP contribution in [0.4, 0.5) is 11.5 Å². The van der Waals surface area contributed by atoms with Gasteiger partial charge in [0.1, 0.15) is 17.3 Å². The molecule has 0 aliphatic carbocycles. The van der Waals surface area contributed by atoms with Gasteiger partial charge in [0.2, 0.25) is 0 Å². The summed E-state index contributed by atoms with van der Waals surface area (Å²) in [5, 5.41) is 16.2. The van der Waals surface area contributed by atoms with Crippen LogP contribution in [0.1, 0.15) is 5.56 Å². The van der Waals surface area contributed by atoms with E-state index in [0.29, 0.717) is 22.8 Å². The van der Waals surface area contributed by atoms with Crippen molar-refractivity contribution in [1.29, 1.82) is 5.26 Å². The van der Waals surface area contributed by atoms with Crippen molar-refractivity contribution < 1.29 is 0 Å². The van der Waals surface area contributed by atoms with E-state index >= 15 is 0 Å². The van der Waals surface area contributed by atoms with Crippen molar-refractivity contribution in [2.45, 2.75) is 0 Å². The molecule has 2 rings (SSSR count). The lowest BCUT2D eigenvalue weighted by atomic mass is 10.1. The summed E-state index contributed by atoms with van der Waals surface area (Å²) in [6.45, 7) is 0. The number of aromatic nitrogens is 2. The summed E-state index contributed by atoms with van der Waals surface area (Å²) >= 11 is 0. The van der Waals surface area contributed by atoms with Gasteiger partial charge >= 0.3 is 0 Å². The van der Waals surface area contributed by atoms with E-state index in [0.717, 1.165) is 5.56 Å². The summed E-state index contributed by atoms with van der Waals surface area (Å²) in [6, 6.07) is 9.32. The molecule has 0 amide bonds. The van der Waals surface area contributed by atoms with Gasteiger partial charge in [-0.2, -0.15) is 10.4 Å². The number of benzene rings is 1. The quantitative estimate of drug-likeness (QED) is 0.495. The number of nitrogen functional groups attached to an aromatic ring is 1. The lowest BCUT2D eigenvalue weighted by molar-refractivity contribution is 0.643. The molecule has 0 spiro atoms. The second-order valence-corrected chi connectivity index (χ2v) is 4.24. The van der Waals surface area contributed by atoms with Crippen LogP contribution in [0.25, 0.3) is 11.3 Å². The molecule has 3 N–H and O–H groups in total. The van der Waals surface area contributed by atoms with Gasteiger partial charge in [0.05, 0.1) is 6.34 Å². The molecule has 96 valence electrons. The fourth-order valence-electron chi connectivity index (χ4n) is 1.56. The number of H-pyrrole nitrogens is 1. The number of aliphatic imine (C=N–C) groups is 1. The highest BCUT2D eigenvalue weighted by Gasteiger charge is 2.13. The number of aromatic amines is 1. The molecular formula is C13H14N6. The van der Waals surface area contributed by atoms with Gasteiger partial charge < -0.3 is 10.6 Å². The summed E-state index contributed by atoms with van der Waals surface area (Å²) in [7, 11) is 3.71. The largest absolute Gasteiger partial charge is 0.399 e. The Kier molecular flexibility index (Phi) is 3.48. The summed E-state index contributed by atoms with van der Waals surface area (Å²) in [6.07, 6.45) is 1.61. The van der Waals surface area contributed by atoms with Gasteiger partial charge in [0.15, 0.2) is 5.82 Å². The van der Waals surface area contributed by atoms with Crippen molar-refractivity contribution in [3.8, 4) is 17.3 Å². The molecule has 0 fully saturated rings. The summed E-state index contributed by atoms with van der Waals surface area (Å²) < 4.78 is 0. The molecule has 0 atom stereocenters. The van der Waals surface area contributed by atoms with Crippen LogP contribution < -0.4 is 5.73 Å². The van der Waals surface area contributed by atoms with Crippen molar-refractivity contribution >= 4 is 17.8 Å². The van der Waals surface area contributed by atoms with Crippen molar-refractivity contribution in [3.63, 3.8) is 0 Å². The lowest BCUT2D eigenvalue weighted by Gasteiger charge is -2.01.